The summed E-state index contributed by atoms with van der Waals surface area (Å²) in [5, 5.41) is 9.84. The zero-order valence-electron chi connectivity index (χ0n) is 13.1. The highest BCUT2D eigenvalue weighted by molar-refractivity contribution is 5.31. The van der Waals surface area contributed by atoms with Gasteiger partial charge in [0, 0.05) is 13.1 Å². The van der Waals surface area contributed by atoms with Crippen molar-refractivity contribution < 1.29 is 14.6 Å². The first-order valence-electron chi connectivity index (χ1n) is 7.82. The minimum Gasteiger partial charge on any atom is -0.497 e. The summed E-state index contributed by atoms with van der Waals surface area (Å²) in [5.41, 5.74) is 0. The molecule has 1 aliphatic carbocycles. The summed E-state index contributed by atoms with van der Waals surface area (Å²) in [7, 11) is 3.78. The number of nitrogens with zero attached hydrogens (tertiary/aromatic N) is 1. The summed E-state index contributed by atoms with van der Waals surface area (Å²) in [5.74, 6) is 2.18. The fourth-order valence-corrected chi connectivity index (χ4v) is 2.92. The summed E-state index contributed by atoms with van der Waals surface area (Å²) in [4.78, 5) is 2.30. The molecule has 4 nitrogen and oxygen atoms in total. The third-order valence-electron chi connectivity index (χ3n) is 4.18. The smallest absolute Gasteiger partial charge is 0.119 e. The van der Waals surface area contributed by atoms with Crippen molar-refractivity contribution in [2.45, 2.75) is 31.8 Å². The lowest BCUT2D eigenvalue weighted by atomic mass is 10.1. The number of aliphatic hydroxyl groups is 1. The predicted octanol–water partition coefficient (Wildman–Crippen LogP) is 2.56. The molecule has 21 heavy (non-hydrogen) atoms. The number of rotatable bonds is 8. The van der Waals surface area contributed by atoms with Crippen LogP contribution in [-0.2, 0) is 0 Å². The van der Waals surface area contributed by atoms with Crippen molar-refractivity contribution in [3.8, 4) is 11.5 Å². The topological polar surface area (TPSA) is 41.9 Å². The first-order chi connectivity index (χ1) is 10.2. The van der Waals surface area contributed by atoms with E-state index in [0.717, 1.165) is 43.9 Å². The number of aliphatic hydroxyl groups excluding tert-OH is 1. The lowest BCUT2D eigenvalue weighted by molar-refractivity contribution is 0.108. The van der Waals surface area contributed by atoms with Crippen LogP contribution in [0.15, 0.2) is 24.3 Å². The number of ether oxygens (including phenoxy) is 2. The lowest BCUT2D eigenvalue weighted by Gasteiger charge is -2.23. The van der Waals surface area contributed by atoms with E-state index < -0.39 is 0 Å². The van der Waals surface area contributed by atoms with Gasteiger partial charge in [0.25, 0.3) is 0 Å². The van der Waals surface area contributed by atoms with Gasteiger partial charge >= 0.3 is 0 Å². The third kappa shape index (κ3) is 5.21. The van der Waals surface area contributed by atoms with Crippen molar-refractivity contribution >= 4 is 0 Å². The maximum absolute atomic E-state index is 9.84. The highest BCUT2D eigenvalue weighted by Gasteiger charge is 2.25. The highest BCUT2D eigenvalue weighted by Crippen LogP contribution is 2.26. The van der Waals surface area contributed by atoms with E-state index >= 15 is 0 Å². The van der Waals surface area contributed by atoms with Crippen molar-refractivity contribution in [2.24, 2.45) is 5.92 Å². The number of hydrogen-bond acceptors (Lipinski definition) is 4. The summed E-state index contributed by atoms with van der Waals surface area (Å²) >= 11 is 0. The molecule has 1 fully saturated rings. The van der Waals surface area contributed by atoms with Crippen LogP contribution in [0.2, 0.25) is 0 Å². The molecule has 1 aromatic rings. The second-order valence-corrected chi connectivity index (χ2v) is 5.90. The van der Waals surface area contributed by atoms with Crippen LogP contribution in [0.3, 0.4) is 0 Å². The van der Waals surface area contributed by atoms with E-state index in [1.807, 2.05) is 24.3 Å². The lowest BCUT2D eigenvalue weighted by Crippen LogP contribution is -2.31. The van der Waals surface area contributed by atoms with Gasteiger partial charge in [-0.15, -0.1) is 0 Å². The Morgan fingerprint density at radius 3 is 2.52 bits per heavy atom. The molecular weight excluding hydrogens is 266 g/mol. The first-order valence-corrected chi connectivity index (χ1v) is 7.82. The Bertz CT molecular complexity index is 407. The fraction of sp³-hybridized carbons (Fsp3) is 0.647. The predicted molar refractivity (Wildman–Crippen MR) is 84.0 cm³/mol. The molecule has 0 radical (unpaired) electrons. The number of hydrogen-bond donors (Lipinski definition) is 1. The van der Waals surface area contributed by atoms with Crippen LogP contribution in [0.1, 0.15) is 25.7 Å². The normalized spacial score (nSPS) is 21.7. The largest absolute Gasteiger partial charge is 0.497 e. The first kappa shape index (κ1) is 16.1. The van der Waals surface area contributed by atoms with Gasteiger partial charge in [-0.3, -0.25) is 0 Å². The Hall–Kier alpha value is -1.26. The average molecular weight is 293 g/mol. The molecule has 0 bridgehead atoms. The zero-order chi connectivity index (χ0) is 15.1. The van der Waals surface area contributed by atoms with Gasteiger partial charge in [0.15, 0.2) is 0 Å². The molecule has 4 heteroatoms. The van der Waals surface area contributed by atoms with Gasteiger partial charge in [0.05, 0.1) is 19.8 Å². The second kappa shape index (κ2) is 8.25. The molecule has 118 valence electrons. The molecule has 0 heterocycles. The molecule has 1 aliphatic rings. The van der Waals surface area contributed by atoms with Crippen LogP contribution >= 0.6 is 0 Å². The summed E-state index contributed by atoms with van der Waals surface area (Å²) < 4.78 is 10.8. The van der Waals surface area contributed by atoms with Gasteiger partial charge < -0.3 is 19.5 Å². The third-order valence-corrected chi connectivity index (χ3v) is 4.18. The van der Waals surface area contributed by atoms with E-state index in [1.54, 1.807) is 7.11 Å². The molecule has 0 aromatic heterocycles. The quantitative estimate of drug-likeness (QED) is 0.748. The molecule has 1 aromatic carbocycles. The van der Waals surface area contributed by atoms with Crippen LogP contribution in [0.4, 0.5) is 0 Å². The zero-order valence-corrected chi connectivity index (χ0v) is 13.1. The van der Waals surface area contributed by atoms with E-state index in [1.165, 1.54) is 6.42 Å². The van der Waals surface area contributed by atoms with Crippen LogP contribution in [0.5, 0.6) is 11.5 Å². The second-order valence-electron chi connectivity index (χ2n) is 5.90. The summed E-state index contributed by atoms with van der Waals surface area (Å²) in [6.07, 6.45) is 4.20. The van der Waals surface area contributed by atoms with Crippen molar-refractivity contribution in [1.82, 2.24) is 4.90 Å². The minimum atomic E-state index is -0.0944. The van der Waals surface area contributed by atoms with Crippen LogP contribution in [-0.4, -0.2) is 50.0 Å². The fourth-order valence-electron chi connectivity index (χ4n) is 2.92. The van der Waals surface area contributed by atoms with Gasteiger partial charge in [-0.2, -0.15) is 0 Å². The van der Waals surface area contributed by atoms with E-state index in [2.05, 4.69) is 11.9 Å². The van der Waals surface area contributed by atoms with Gasteiger partial charge in [0.2, 0.25) is 0 Å². The SMILES string of the molecule is COc1ccc(OCCCN(C)CC2CCCC2O)cc1. The van der Waals surface area contributed by atoms with E-state index in [4.69, 9.17) is 9.47 Å². The maximum Gasteiger partial charge on any atom is 0.119 e. The molecule has 0 amide bonds. The summed E-state index contributed by atoms with van der Waals surface area (Å²) in [6.45, 7) is 2.70. The van der Waals surface area contributed by atoms with Gasteiger partial charge in [0.1, 0.15) is 11.5 Å². The molecule has 2 unspecified atom stereocenters. The molecule has 0 spiro atoms. The van der Waals surface area contributed by atoms with E-state index in [9.17, 15) is 5.11 Å². The Morgan fingerprint density at radius 2 is 1.90 bits per heavy atom. The van der Waals surface area contributed by atoms with Crippen molar-refractivity contribution in [2.75, 3.05) is 33.9 Å². The van der Waals surface area contributed by atoms with Gasteiger partial charge in [-0.05, 0) is 56.5 Å². The van der Waals surface area contributed by atoms with Gasteiger partial charge in [-0.1, -0.05) is 6.42 Å². The molecule has 1 N–H and O–H groups in total. The van der Waals surface area contributed by atoms with Crippen molar-refractivity contribution in [3.05, 3.63) is 24.3 Å². The van der Waals surface area contributed by atoms with Crippen molar-refractivity contribution in [1.29, 1.82) is 0 Å². The Kier molecular flexibility index (Phi) is 6.33. The number of methoxy groups -OCH3 is 1. The standard InChI is InChI=1S/C17H27NO3/c1-18(13-14-5-3-6-17(14)19)11-4-12-21-16-9-7-15(20-2)8-10-16/h7-10,14,17,19H,3-6,11-13H2,1-2H3. The monoisotopic (exact) mass is 293 g/mol. The number of benzene rings is 1. The van der Waals surface area contributed by atoms with Crippen LogP contribution in [0, 0.1) is 5.92 Å². The van der Waals surface area contributed by atoms with Crippen molar-refractivity contribution in [3.63, 3.8) is 0 Å². The van der Waals surface area contributed by atoms with E-state index in [0.29, 0.717) is 12.5 Å². The molecule has 0 aliphatic heterocycles. The van der Waals surface area contributed by atoms with Crippen LogP contribution < -0.4 is 9.47 Å². The minimum absolute atomic E-state index is 0.0944. The molecule has 2 atom stereocenters. The Balaban J connectivity index is 1.60. The summed E-state index contributed by atoms with van der Waals surface area (Å²) in [6, 6.07) is 7.67. The maximum atomic E-state index is 9.84. The molecule has 1 saturated carbocycles. The van der Waals surface area contributed by atoms with Gasteiger partial charge in [-0.25, -0.2) is 0 Å². The van der Waals surface area contributed by atoms with Crippen LogP contribution in [0.25, 0.3) is 0 Å². The molecule has 2 rings (SSSR count). The van der Waals surface area contributed by atoms with E-state index in [-0.39, 0.29) is 6.10 Å². The molecular formula is C17H27NO3. The Morgan fingerprint density at radius 1 is 1.19 bits per heavy atom. The Labute approximate surface area is 127 Å². The average Bonchev–Trinajstić information content (AvgIpc) is 2.89. The highest BCUT2D eigenvalue weighted by atomic mass is 16.5. The molecule has 0 saturated heterocycles.